The van der Waals surface area contributed by atoms with Crippen molar-refractivity contribution in [3.63, 3.8) is 0 Å². The first-order valence-corrected chi connectivity index (χ1v) is 7.28. The minimum atomic E-state index is 0.0662. The van der Waals surface area contributed by atoms with Gasteiger partial charge < -0.3 is 0 Å². The Kier molecular flexibility index (Phi) is 5.76. The fourth-order valence-corrected chi connectivity index (χ4v) is 2.76. The Labute approximate surface area is 109 Å². The molecule has 0 amide bonds. The van der Waals surface area contributed by atoms with Crippen molar-refractivity contribution >= 4 is 17.5 Å². The molecular formula is C15H22OS. The summed E-state index contributed by atoms with van der Waals surface area (Å²) in [7, 11) is 0. The quantitative estimate of drug-likeness (QED) is 0.698. The molecule has 0 fully saturated rings. The van der Waals surface area contributed by atoms with Crippen LogP contribution >= 0.6 is 11.8 Å². The maximum atomic E-state index is 12.1. The molecule has 1 aromatic rings. The predicted molar refractivity (Wildman–Crippen MR) is 76.9 cm³/mol. The summed E-state index contributed by atoms with van der Waals surface area (Å²) in [6.45, 7) is 8.47. The van der Waals surface area contributed by atoms with Gasteiger partial charge in [0.1, 0.15) is 0 Å². The molecule has 1 nitrogen and oxygen atoms in total. The summed E-state index contributed by atoms with van der Waals surface area (Å²) in [6, 6.07) is 7.85. The van der Waals surface area contributed by atoms with Gasteiger partial charge in [0.25, 0.3) is 0 Å². The molecule has 0 radical (unpaired) electrons. The van der Waals surface area contributed by atoms with Crippen LogP contribution in [0.3, 0.4) is 0 Å². The minimum absolute atomic E-state index is 0.0662. The molecule has 0 aromatic heterocycles. The van der Waals surface area contributed by atoms with Gasteiger partial charge in [-0.2, -0.15) is 11.8 Å². The summed E-state index contributed by atoms with van der Waals surface area (Å²) in [6.07, 6.45) is 1.18. The average Bonchev–Trinajstić information content (AvgIpc) is 2.28. The van der Waals surface area contributed by atoms with Crippen LogP contribution in [0.15, 0.2) is 24.3 Å². The highest BCUT2D eigenvalue weighted by atomic mass is 32.2. The molecule has 0 aliphatic rings. The van der Waals surface area contributed by atoms with E-state index in [0.717, 1.165) is 11.3 Å². The number of hydrogen-bond acceptors (Lipinski definition) is 2. The Balaban J connectivity index is 2.49. The van der Waals surface area contributed by atoms with Gasteiger partial charge in [-0.25, -0.2) is 0 Å². The summed E-state index contributed by atoms with van der Waals surface area (Å²) < 4.78 is 0. The Morgan fingerprint density at radius 1 is 1.18 bits per heavy atom. The Bertz CT molecular complexity index is 354. The Morgan fingerprint density at radius 3 is 2.29 bits per heavy atom. The highest BCUT2D eigenvalue weighted by Gasteiger charge is 2.15. The van der Waals surface area contributed by atoms with Crippen molar-refractivity contribution in [2.24, 2.45) is 5.92 Å². The van der Waals surface area contributed by atoms with E-state index in [1.54, 1.807) is 11.8 Å². The Hall–Kier alpha value is -0.760. The molecule has 1 aromatic carbocycles. The van der Waals surface area contributed by atoms with Crippen LogP contribution in [0.25, 0.3) is 0 Å². The van der Waals surface area contributed by atoms with E-state index < -0.39 is 0 Å². The average molecular weight is 250 g/mol. The number of aryl methyl sites for hydroxylation is 1. The van der Waals surface area contributed by atoms with E-state index in [1.165, 1.54) is 12.0 Å². The third kappa shape index (κ3) is 4.95. The van der Waals surface area contributed by atoms with Crippen molar-refractivity contribution in [2.45, 2.75) is 39.4 Å². The molecule has 0 aliphatic carbocycles. The molecule has 0 aliphatic heterocycles. The van der Waals surface area contributed by atoms with Gasteiger partial charge >= 0.3 is 0 Å². The van der Waals surface area contributed by atoms with E-state index in [4.69, 9.17) is 0 Å². The van der Waals surface area contributed by atoms with Crippen LogP contribution < -0.4 is 0 Å². The van der Waals surface area contributed by atoms with Crippen molar-refractivity contribution < 1.29 is 4.79 Å². The molecule has 1 unspecified atom stereocenters. The zero-order valence-electron chi connectivity index (χ0n) is 11.2. The van der Waals surface area contributed by atoms with E-state index in [1.807, 2.05) is 38.1 Å². The Morgan fingerprint density at radius 2 is 1.76 bits per heavy atom. The van der Waals surface area contributed by atoms with Crippen molar-refractivity contribution in [2.75, 3.05) is 5.75 Å². The van der Waals surface area contributed by atoms with Crippen molar-refractivity contribution in [3.05, 3.63) is 35.4 Å². The molecule has 0 spiro atoms. The topological polar surface area (TPSA) is 17.1 Å². The van der Waals surface area contributed by atoms with Crippen LogP contribution in [0, 0.1) is 12.8 Å². The second-order valence-electron chi connectivity index (χ2n) is 4.93. The molecule has 0 heterocycles. The van der Waals surface area contributed by atoms with Gasteiger partial charge in [-0.15, -0.1) is 0 Å². The molecule has 17 heavy (non-hydrogen) atoms. The third-order valence-corrected chi connectivity index (χ3v) is 3.95. The number of carbonyl (C=O) groups excluding carboxylic acids is 1. The predicted octanol–water partition coefficient (Wildman–Crippen LogP) is 4.35. The molecule has 0 saturated carbocycles. The molecule has 94 valence electrons. The van der Waals surface area contributed by atoms with Crippen LogP contribution in [0.5, 0.6) is 0 Å². The zero-order valence-corrected chi connectivity index (χ0v) is 12.0. The number of hydrogen-bond donors (Lipinski definition) is 0. The summed E-state index contributed by atoms with van der Waals surface area (Å²) in [5, 5.41) is 0.0662. The first-order valence-electron chi connectivity index (χ1n) is 6.23. The lowest BCUT2D eigenvalue weighted by molar-refractivity contribution is 0.0994. The van der Waals surface area contributed by atoms with Gasteiger partial charge in [-0.1, -0.05) is 43.7 Å². The molecule has 2 heteroatoms. The van der Waals surface area contributed by atoms with Crippen molar-refractivity contribution in [1.29, 1.82) is 0 Å². The lowest BCUT2D eigenvalue weighted by Crippen LogP contribution is -2.14. The number of ketones is 1. The fourth-order valence-electron chi connectivity index (χ4n) is 1.51. The molecule has 1 rings (SSSR count). The molecule has 1 atom stereocenters. The standard InChI is InChI=1S/C15H22OS/c1-11(2)9-10-17-13(4)15(16)14-7-5-12(3)6-8-14/h5-8,11,13H,9-10H2,1-4H3. The SMILES string of the molecule is Cc1ccc(C(=O)C(C)SCCC(C)C)cc1. The van der Waals surface area contributed by atoms with E-state index in [0.29, 0.717) is 5.92 Å². The van der Waals surface area contributed by atoms with Gasteiger partial charge in [0.2, 0.25) is 0 Å². The molecule has 0 saturated heterocycles. The van der Waals surface area contributed by atoms with E-state index >= 15 is 0 Å². The van der Waals surface area contributed by atoms with Crippen LogP contribution in [-0.4, -0.2) is 16.8 Å². The zero-order chi connectivity index (χ0) is 12.8. The van der Waals surface area contributed by atoms with Gasteiger partial charge in [0.05, 0.1) is 5.25 Å². The highest BCUT2D eigenvalue weighted by Crippen LogP contribution is 2.19. The maximum absolute atomic E-state index is 12.1. The molecular weight excluding hydrogens is 228 g/mol. The number of benzene rings is 1. The number of Topliss-reactive ketones (excluding diaryl/α,β-unsaturated/α-hetero) is 1. The summed E-state index contributed by atoms with van der Waals surface area (Å²) in [5.41, 5.74) is 2.03. The van der Waals surface area contributed by atoms with Gasteiger partial charge in [-0.05, 0) is 31.9 Å². The summed E-state index contributed by atoms with van der Waals surface area (Å²) in [4.78, 5) is 12.1. The van der Waals surface area contributed by atoms with Crippen LogP contribution in [0.4, 0.5) is 0 Å². The monoisotopic (exact) mass is 250 g/mol. The van der Waals surface area contributed by atoms with E-state index in [2.05, 4.69) is 13.8 Å². The second-order valence-corrected chi connectivity index (χ2v) is 6.37. The largest absolute Gasteiger partial charge is 0.293 e. The van der Waals surface area contributed by atoms with Gasteiger partial charge in [-0.3, -0.25) is 4.79 Å². The maximum Gasteiger partial charge on any atom is 0.175 e. The summed E-state index contributed by atoms with van der Waals surface area (Å²) in [5.74, 6) is 2.03. The van der Waals surface area contributed by atoms with Crippen LogP contribution in [-0.2, 0) is 0 Å². The van der Waals surface area contributed by atoms with E-state index in [9.17, 15) is 4.79 Å². The summed E-state index contributed by atoms with van der Waals surface area (Å²) >= 11 is 1.76. The lowest BCUT2D eigenvalue weighted by atomic mass is 10.1. The smallest absolute Gasteiger partial charge is 0.175 e. The van der Waals surface area contributed by atoms with Crippen LogP contribution in [0.1, 0.15) is 43.1 Å². The number of rotatable bonds is 6. The van der Waals surface area contributed by atoms with Crippen LogP contribution in [0.2, 0.25) is 0 Å². The first-order chi connectivity index (χ1) is 8.00. The minimum Gasteiger partial charge on any atom is -0.293 e. The first kappa shape index (κ1) is 14.3. The van der Waals surface area contributed by atoms with E-state index in [-0.39, 0.29) is 11.0 Å². The van der Waals surface area contributed by atoms with Crippen molar-refractivity contribution in [3.8, 4) is 0 Å². The molecule has 0 N–H and O–H groups in total. The second kappa shape index (κ2) is 6.85. The van der Waals surface area contributed by atoms with Gasteiger partial charge in [0.15, 0.2) is 5.78 Å². The number of carbonyl (C=O) groups is 1. The van der Waals surface area contributed by atoms with Gasteiger partial charge in [0, 0.05) is 5.56 Å². The molecule has 0 bridgehead atoms. The number of thioether (sulfide) groups is 1. The third-order valence-electron chi connectivity index (χ3n) is 2.77. The lowest BCUT2D eigenvalue weighted by Gasteiger charge is -2.11. The van der Waals surface area contributed by atoms with Crippen molar-refractivity contribution in [1.82, 2.24) is 0 Å². The highest BCUT2D eigenvalue weighted by molar-refractivity contribution is 8.00. The normalized spacial score (nSPS) is 12.8. The fraction of sp³-hybridized carbons (Fsp3) is 0.533.